The fraction of sp³-hybridized carbons (Fsp3) is 0.381. The van der Waals surface area contributed by atoms with Crippen molar-refractivity contribution in [3.05, 3.63) is 52.2 Å². The van der Waals surface area contributed by atoms with E-state index < -0.39 is 12.0 Å². The molecule has 1 saturated carbocycles. The maximum absolute atomic E-state index is 12.6. The topological polar surface area (TPSA) is 80.2 Å². The van der Waals surface area contributed by atoms with Gasteiger partial charge < -0.3 is 19.7 Å². The van der Waals surface area contributed by atoms with E-state index in [1.807, 2.05) is 41.5 Å². The van der Waals surface area contributed by atoms with Gasteiger partial charge in [0.1, 0.15) is 5.75 Å². The molecule has 1 fully saturated rings. The second-order valence-corrected chi connectivity index (χ2v) is 8.01. The van der Waals surface area contributed by atoms with Crippen LogP contribution in [0.25, 0.3) is 0 Å². The zero-order valence-corrected chi connectivity index (χ0v) is 17.4. The van der Waals surface area contributed by atoms with E-state index in [2.05, 4.69) is 10.3 Å². The molecule has 1 N–H and O–H groups in total. The summed E-state index contributed by atoms with van der Waals surface area (Å²) >= 11 is 1.46. The molecule has 0 aromatic heterocycles. The number of rotatable bonds is 6. The Hall–Kier alpha value is -2.74. The molecular weight excluding hydrogens is 390 g/mol. The van der Waals surface area contributed by atoms with E-state index >= 15 is 0 Å². The molecule has 8 heteroatoms. The number of amides is 1. The van der Waals surface area contributed by atoms with Gasteiger partial charge in [-0.15, -0.1) is 0 Å². The number of methoxy groups -OCH3 is 2. The summed E-state index contributed by atoms with van der Waals surface area (Å²) < 4.78 is 10.3. The largest absolute Gasteiger partial charge is 0.497 e. The SMILES string of the molecule is COC(=O)C1=C(C)N=C2SC=C(CC(=O)NC3CC3)N2C1c1ccc(OC)cc1. The van der Waals surface area contributed by atoms with E-state index in [1.165, 1.54) is 18.9 Å². The number of hydrogen-bond acceptors (Lipinski definition) is 7. The van der Waals surface area contributed by atoms with Gasteiger partial charge in [-0.25, -0.2) is 9.79 Å². The molecule has 2 aliphatic heterocycles. The van der Waals surface area contributed by atoms with Crippen molar-refractivity contribution in [3.8, 4) is 5.75 Å². The van der Waals surface area contributed by atoms with Crippen molar-refractivity contribution >= 4 is 28.8 Å². The molecule has 0 radical (unpaired) electrons. The Morgan fingerprint density at radius 3 is 2.59 bits per heavy atom. The minimum Gasteiger partial charge on any atom is -0.497 e. The van der Waals surface area contributed by atoms with Crippen LogP contribution in [0.3, 0.4) is 0 Å². The zero-order chi connectivity index (χ0) is 20.5. The number of nitrogens with one attached hydrogen (secondary N) is 1. The number of aliphatic imine (C=N–C) groups is 1. The van der Waals surface area contributed by atoms with Crippen LogP contribution in [0.1, 0.15) is 37.8 Å². The van der Waals surface area contributed by atoms with Crippen LogP contribution >= 0.6 is 11.8 Å². The maximum atomic E-state index is 12.6. The Labute approximate surface area is 173 Å². The van der Waals surface area contributed by atoms with E-state index in [9.17, 15) is 9.59 Å². The van der Waals surface area contributed by atoms with Crippen molar-refractivity contribution < 1.29 is 19.1 Å². The van der Waals surface area contributed by atoms with Crippen molar-refractivity contribution in [1.82, 2.24) is 10.2 Å². The highest BCUT2D eigenvalue weighted by atomic mass is 32.2. The number of esters is 1. The predicted octanol–water partition coefficient (Wildman–Crippen LogP) is 3.11. The summed E-state index contributed by atoms with van der Waals surface area (Å²) in [6.45, 7) is 1.81. The summed E-state index contributed by atoms with van der Waals surface area (Å²) in [5.41, 5.74) is 2.81. The maximum Gasteiger partial charge on any atom is 0.338 e. The van der Waals surface area contributed by atoms with Gasteiger partial charge in [-0.2, -0.15) is 0 Å². The molecule has 1 aliphatic carbocycles. The lowest BCUT2D eigenvalue weighted by Crippen LogP contribution is -2.38. The van der Waals surface area contributed by atoms with E-state index in [1.54, 1.807) is 7.11 Å². The Bertz CT molecular complexity index is 932. The molecule has 0 saturated heterocycles. The van der Waals surface area contributed by atoms with Gasteiger partial charge in [-0.3, -0.25) is 4.79 Å². The Kier molecular flexibility index (Phi) is 5.36. The molecule has 29 heavy (non-hydrogen) atoms. The van der Waals surface area contributed by atoms with Crippen LogP contribution in [0.5, 0.6) is 5.75 Å². The zero-order valence-electron chi connectivity index (χ0n) is 16.6. The molecule has 1 aromatic rings. The third-order valence-corrected chi connectivity index (χ3v) is 6.01. The van der Waals surface area contributed by atoms with Crippen molar-refractivity contribution in [3.63, 3.8) is 0 Å². The predicted molar refractivity (Wildman–Crippen MR) is 111 cm³/mol. The average molecular weight is 413 g/mol. The molecule has 0 bridgehead atoms. The molecule has 2 heterocycles. The first kappa shape index (κ1) is 19.6. The van der Waals surface area contributed by atoms with Gasteiger partial charge in [0.2, 0.25) is 5.91 Å². The Balaban J connectivity index is 1.70. The van der Waals surface area contributed by atoms with Gasteiger partial charge in [0.05, 0.1) is 38.0 Å². The van der Waals surface area contributed by atoms with Gasteiger partial charge in [0.15, 0.2) is 5.17 Å². The fourth-order valence-corrected chi connectivity index (χ4v) is 4.48. The number of ether oxygens (including phenoxy) is 2. The molecule has 0 spiro atoms. The minimum atomic E-state index is -0.426. The number of allylic oxidation sites excluding steroid dienone is 1. The summed E-state index contributed by atoms with van der Waals surface area (Å²) in [6, 6.07) is 7.45. The third kappa shape index (κ3) is 3.89. The van der Waals surface area contributed by atoms with E-state index in [-0.39, 0.29) is 12.3 Å². The van der Waals surface area contributed by atoms with E-state index in [0.29, 0.717) is 17.3 Å². The number of hydrogen-bond donors (Lipinski definition) is 1. The van der Waals surface area contributed by atoms with E-state index in [4.69, 9.17) is 9.47 Å². The summed E-state index contributed by atoms with van der Waals surface area (Å²) in [7, 11) is 2.98. The first-order valence-corrected chi connectivity index (χ1v) is 10.4. The molecule has 1 amide bonds. The van der Waals surface area contributed by atoms with Crippen molar-refractivity contribution in [2.45, 2.75) is 38.3 Å². The third-order valence-electron chi connectivity index (χ3n) is 5.12. The van der Waals surface area contributed by atoms with Crippen molar-refractivity contribution in [2.24, 2.45) is 4.99 Å². The molecule has 3 aliphatic rings. The highest BCUT2D eigenvalue weighted by Gasteiger charge is 2.41. The summed E-state index contributed by atoms with van der Waals surface area (Å²) in [6.07, 6.45) is 2.32. The molecular formula is C21H23N3O4S. The quantitative estimate of drug-likeness (QED) is 0.722. The van der Waals surface area contributed by atoms with Gasteiger partial charge in [0.25, 0.3) is 0 Å². The van der Waals surface area contributed by atoms with Crippen molar-refractivity contribution in [2.75, 3.05) is 14.2 Å². The number of carbonyl (C=O) groups is 2. The molecule has 1 unspecified atom stereocenters. The number of nitrogens with zero attached hydrogens (tertiary/aromatic N) is 2. The summed E-state index contributed by atoms with van der Waals surface area (Å²) in [5.74, 6) is 0.291. The average Bonchev–Trinajstić information content (AvgIpc) is 3.45. The minimum absolute atomic E-state index is 0.0139. The number of fused-ring (bicyclic) bond motifs is 1. The summed E-state index contributed by atoms with van der Waals surface area (Å²) in [4.78, 5) is 31.7. The normalized spacial score (nSPS) is 20.7. The molecule has 1 aromatic carbocycles. The molecule has 1 atom stereocenters. The Morgan fingerprint density at radius 1 is 1.24 bits per heavy atom. The standard InChI is InChI=1S/C21H23N3O4S/c1-12-18(20(26)28-3)19(13-4-8-16(27-2)9-5-13)24-15(11-29-21(24)22-12)10-17(25)23-14-6-7-14/h4-5,8-9,11,14,19H,6-7,10H2,1-3H3,(H,23,25). The number of benzene rings is 1. The van der Waals surface area contributed by atoms with Gasteiger partial charge in [-0.1, -0.05) is 23.9 Å². The van der Waals surface area contributed by atoms with Crippen LogP contribution in [0, 0.1) is 0 Å². The molecule has 152 valence electrons. The fourth-order valence-electron chi connectivity index (χ4n) is 3.51. The number of thioether (sulfide) groups is 1. The first-order chi connectivity index (χ1) is 14.0. The Morgan fingerprint density at radius 2 is 1.97 bits per heavy atom. The van der Waals surface area contributed by atoms with Gasteiger partial charge in [0, 0.05) is 11.7 Å². The van der Waals surface area contributed by atoms with Crippen molar-refractivity contribution in [1.29, 1.82) is 0 Å². The van der Waals surface area contributed by atoms with Crippen LogP contribution in [-0.2, 0) is 14.3 Å². The van der Waals surface area contributed by atoms with Crippen LogP contribution in [-0.4, -0.2) is 42.2 Å². The smallest absolute Gasteiger partial charge is 0.338 e. The van der Waals surface area contributed by atoms with Crippen LogP contribution in [0.15, 0.2) is 51.6 Å². The monoisotopic (exact) mass is 413 g/mol. The molecule has 7 nitrogen and oxygen atoms in total. The second kappa shape index (κ2) is 7.94. The van der Waals surface area contributed by atoms with Crippen LogP contribution in [0.4, 0.5) is 0 Å². The summed E-state index contributed by atoms with van der Waals surface area (Å²) in [5, 5.41) is 5.72. The number of carbonyl (C=O) groups excluding carboxylic acids is 2. The van der Waals surface area contributed by atoms with Gasteiger partial charge >= 0.3 is 5.97 Å². The highest BCUT2D eigenvalue weighted by molar-refractivity contribution is 8.16. The lowest BCUT2D eigenvalue weighted by molar-refractivity contribution is -0.136. The van der Waals surface area contributed by atoms with Gasteiger partial charge in [-0.05, 0) is 42.9 Å². The molecule has 4 rings (SSSR count). The lowest BCUT2D eigenvalue weighted by atomic mass is 9.94. The van der Waals surface area contributed by atoms with Crippen LogP contribution in [0.2, 0.25) is 0 Å². The van der Waals surface area contributed by atoms with E-state index in [0.717, 1.165) is 35.0 Å². The lowest BCUT2D eigenvalue weighted by Gasteiger charge is -2.36. The first-order valence-electron chi connectivity index (χ1n) is 9.48. The van der Waals surface area contributed by atoms with Crippen LogP contribution < -0.4 is 10.1 Å². The second-order valence-electron chi connectivity index (χ2n) is 7.18. The number of amidine groups is 1. The highest BCUT2D eigenvalue weighted by Crippen LogP contribution is 2.45.